The number of methoxy groups -OCH3 is 2. The van der Waals surface area contributed by atoms with Gasteiger partial charge >= 0.3 is 0 Å². The van der Waals surface area contributed by atoms with Gasteiger partial charge in [-0.25, -0.2) is 9.97 Å². The van der Waals surface area contributed by atoms with Crippen LogP contribution >= 0.6 is 0 Å². The maximum Gasteiger partial charge on any atom is 0.270 e. The minimum absolute atomic E-state index is 0.210. The molecule has 2 rings (SSSR count). The lowest BCUT2D eigenvalue weighted by atomic mass is 10.1. The number of ether oxygens (including phenoxy) is 2. The number of amides is 1. The Hall–Kier alpha value is -2.83. The molecule has 25 heavy (non-hydrogen) atoms. The van der Waals surface area contributed by atoms with Crippen LogP contribution in [0.15, 0.2) is 30.5 Å². The first-order chi connectivity index (χ1) is 12.0. The minimum Gasteiger partial charge on any atom is -0.493 e. The summed E-state index contributed by atoms with van der Waals surface area (Å²) in [6.45, 7) is 4.85. The summed E-state index contributed by atoms with van der Waals surface area (Å²) in [6.07, 6.45) is 2.47. The fraction of sp³-hybridized carbons (Fsp3) is 0.389. The molecule has 0 aliphatic heterocycles. The molecule has 0 fully saturated rings. The van der Waals surface area contributed by atoms with Crippen LogP contribution in [0.2, 0.25) is 0 Å². The van der Waals surface area contributed by atoms with E-state index in [0.29, 0.717) is 35.6 Å². The quantitative estimate of drug-likeness (QED) is 0.766. The fourth-order valence-corrected chi connectivity index (χ4v) is 2.15. The summed E-state index contributed by atoms with van der Waals surface area (Å²) >= 11 is 0. The van der Waals surface area contributed by atoms with Gasteiger partial charge in [0, 0.05) is 24.5 Å². The molecule has 1 amide bonds. The van der Waals surface area contributed by atoms with E-state index in [9.17, 15) is 4.79 Å². The molecule has 0 spiro atoms. The highest BCUT2D eigenvalue weighted by Crippen LogP contribution is 2.30. The van der Waals surface area contributed by atoms with Crippen molar-refractivity contribution < 1.29 is 14.3 Å². The van der Waals surface area contributed by atoms with Crippen molar-refractivity contribution in [2.24, 2.45) is 5.92 Å². The first kappa shape index (κ1) is 18.5. The van der Waals surface area contributed by atoms with Crippen molar-refractivity contribution in [3.63, 3.8) is 0 Å². The number of hydrogen-bond donors (Lipinski definition) is 2. The van der Waals surface area contributed by atoms with Gasteiger partial charge in [0.1, 0.15) is 5.69 Å². The lowest BCUT2D eigenvalue weighted by Crippen LogP contribution is -2.26. The van der Waals surface area contributed by atoms with Crippen molar-refractivity contribution in [1.82, 2.24) is 15.3 Å². The average molecular weight is 344 g/mol. The predicted molar refractivity (Wildman–Crippen MR) is 96.6 cm³/mol. The molecule has 1 heterocycles. The third-order valence-corrected chi connectivity index (χ3v) is 3.54. The zero-order valence-electron chi connectivity index (χ0n) is 15.0. The van der Waals surface area contributed by atoms with Crippen LogP contribution in [-0.2, 0) is 0 Å². The molecule has 2 N–H and O–H groups in total. The Balaban J connectivity index is 2.07. The second kappa shape index (κ2) is 8.86. The number of nitrogens with one attached hydrogen (secondary N) is 2. The van der Waals surface area contributed by atoms with Crippen LogP contribution in [0, 0.1) is 5.92 Å². The lowest BCUT2D eigenvalue weighted by molar-refractivity contribution is 0.0947. The first-order valence-corrected chi connectivity index (χ1v) is 8.13. The van der Waals surface area contributed by atoms with Gasteiger partial charge in [-0.15, -0.1) is 0 Å². The number of carbonyl (C=O) groups excluding carboxylic acids is 1. The molecule has 0 radical (unpaired) electrons. The van der Waals surface area contributed by atoms with Gasteiger partial charge in [-0.3, -0.25) is 4.79 Å². The van der Waals surface area contributed by atoms with E-state index in [4.69, 9.17) is 9.47 Å². The van der Waals surface area contributed by atoms with Gasteiger partial charge < -0.3 is 20.1 Å². The summed E-state index contributed by atoms with van der Waals surface area (Å²) in [5.41, 5.74) is 1.05. The van der Waals surface area contributed by atoms with Crippen molar-refractivity contribution in [1.29, 1.82) is 0 Å². The van der Waals surface area contributed by atoms with Crippen LogP contribution in [0.5, 0.6) is 11.5 Å². The van der Waals surface area contributed by atoms with E-state index in [-0.39, 0.29) is 5.91 Å². The van der Waals surface area contributed by atoms with Crippen LogP contribution in [0.1, 0.15) is 30.8 Å². The first-order valence-electron chi connectivity index (χ1n) is 8.13. The Morgan fingerprint density at radius 1 is 1.16 bits per heavy atom. The van der Waals surface area contributed by atoms with Crippen LogP contribution in [0.4, 0.5) is 11.6 Å². The van der Waals surface area contributed by atoms with Crippen molar-refractivity contribution in [2.45, 2.75) is 20.3 Å². The van der Waals surface area contributed by atoms with E-state index in [1.165, 1.54) is 0 Å². The van der Waals surface area contributed by atoms with Gasteiger partial charge in [0.15, 0.2) is 11.5 Å². The average Bonchev–Trinajstić information content (AvgIpc) is 2.61. The Bertz CT molecular complexity index is 719. The van der Waals surface area contributed by atoms with Crippen molar-refractivity contribution in [3.05, 3.63) is 36.2 Å². The van der Waals surface area contributed by atoms with E-state index in [1.807, 2.05) is 6.07 Å². The number of nitrogens with zero attached hydrogens (tertiary/aromatic N) is 2. The molecular formula is C18H24N4O3. The summed E-state index contributed by atoms with van der Waals surface area (Å²) in [5.74, 6) is 1.89. The van der Waals surface area contributed by atoms with Gasteiger partial charge in [0.25, 0.3) is 5.91 Å². The summed E-state index contributed by atoms with van der Waals surface area (Å²) in [5, 5.41) is 5.92. The summed E-state index contributed by atoms with van der Waals surface area (Å²) in [4.78, 5) is 20.6. The maximum absolute atomic E-state index is 12.1. The maximum atomic E-state index is 12.1. The molecule has 134 valence electrons. The molecule has 1 aromatic carbocycles. The Morgan fingerprint density at radius 3 is 2.60 bits per heavy atom. The van der Waals surface area contributed by atoms with Crippen LogP contribution < -0.4 is 20.1 Å². The number of rotatable bonds is 8. The molecule has 7 heteroatoms. The van der Waals surface area contributed by atoms with E-state index < -0.39 is 0 Å². The van der Waals surface area contributed by atoms with E-state index in [0.717, 1.165) is 12.1 Å². The van der Waals surface area contributed by atoms with Crippen molar-refractivity contribution >= 4 is 17.5 Å². The number of aromatic nitrogens is 2. The Labute approximate surface area is 147 Å². The highest BCUT2D eigenvalue weighted by Gasteiger charge is 2.10. The zero-order chi connectivity index (χ0) is 18.2. The van der Waals surface area contributed by atoms with E-state index in [2.05, 4.69) is 34.4 Å². The second-order valence-electron chi connectivity index (χ2n) is 5.90. The minimum atomic E-state index is -0.210. The van der Waals surface area contributed by atoms with Crippen LogP contribution in [0.25, 0.3) is 0 Å². The lowest BCUT2D eigenvalue weighted by Gasteiger charge is -2.11. The molecule has 0 saturated carbocycles. The van der Waals surface area contributed by atoms with Gasteiger partial charge in [0.2, 0.25) is 5.95 Å². The summed E-state index contributed by atoms with van der Waals surface area (Å²) in [7, 11) is 3.15. The molecular weight excluding hydrogens is 320 g/mol. The van der Waals surface area contributed by atoms with Crippen molar-refractivity contribution in [3.8, 4) is 11.5 Å². The normalized spacial score (nSPS) is 10.4. The van der Waals surface area contributed by atoms with E-state index in [1.54, 1.807) is 38.6 Å². The molecule has 7 nitrogen and oxygen atoms in total. The highest BCUT2D eigenvalue weighted by atomic mass is 16.5. The third-order valence-electron chi connectivity index (χ3n) is 3.54. The molecule has 0 bridgehead atoms. The Morgan fingerprint density at radius 2 is 1.92 bits per heavy atom. The molecule has 0 atom stereocenters. The summed E-state index contributed by atoms with van der Waals surface area (Å²) in [6, 6.07) is 6.96. The molecule has 0 saturated heterocycles. The van der Waals surface area contributed by atoms with E-state index >= 15 is 0 Å². The number of hydrogen-bond acceptors (Lipinski definition) is 6. The second-order valence-corrected chi connectivity index (χ2v) is 5.90. The molecule has 0 aliphatic carbocycles. The SMILES string of the molecule is COc1ccc(Nc2nccc(C(=O)NCCC(C)C)n2)cc1OC. The molecule has 1 aromatic heterocycles. The third kappa shape index (κ3) is 5.34. The van der Waals surface area contributed by atoms with Gasteiger partial charge in [0.05, 0.1) is 14.2 Å². The fourth-order valence-electron chi connectivity index (χ4n) is 2.15. The van der Waals surface area contributed by atoms with Gasteiger partial charge in [-0.2, -0.15) is 0 Å². The monoisotopic (exact) mass is 344 g/mol. The topological polar surface area (TPSA) is 85.4 Å². The number of benzene rings is 1. The summed E-state index contributed by atoms with van der Waals surface area (Å²) < 4.78 is 10.5. The molecule has 2 aromatic rings. The predicted octanol–water partition coefficient (Wildman–Crippen LogP) is 3.01. The molecule has 0 unspecified atom stereocenters. The zero-order valence-corrected chi connectivity index (χ0v) is 15.0. The largest absolute Gasteiger partial charge is 0.493 e. The Kier molecular flexibility index (Phi) is 6.56. The standard InChI is InChI=1S/C18H24N4O3/c1-12(2)7-9-19-17(23)14-8-10-20-18(22-14)21-13-5-6-15(24-3)16(11-13)25-4/h5-6,8,10-12H,7,9H2,1-4H3,(H,19,23)(H,20,21,22). The van der Waals surface area contributed by atoms with Crippen molar-refractivity contribution in [2.75, 3.05) is 26.1 Å². The molecule has 0 aliphatic rings. The smallest absolute Gasteiger partial charge is 0.270 e. The number of carbonyl (C=O) groups is 1. The van der Waals surface area contributed by atoms with Crippen LogP contribution in [0.3, 0.4) is 0 Å². The number of anilines is 2. The van der Waals surface area contributed by atoms with Gasteiger partial charge in [-0.1, -0.05) is 13.8 Å². The van der Waals surface area contributed by atoms with Gasteiger partial charge in [-0.05, 0) is 30.5 Å². The van der Waals surface area contributed by atoms with Crippen LogP contribution in [-0.4, -0.2) is 36.6 Å². The highest BCUT2D eigenvalue weighted by molar-refractivity contribution is 5.92.